The van der Waals surface area contributed by atoms with Gasteiger partial charge in [-0.3, -0.25) is 9.78 Å². The molecule has 25 heavy (non-hydrogen) atoms. The van der Waals surface area contributed by atoms with Gasteiger partial charge in [0.1, 0.15) is 11.5 Å². The summed E-state index contributed by atoms with van der Waals surface area (Å²) in [6, 6.07) is 10.0. The second-order valence-electron chi connectivity index (χ2n) is 6.84. The highest BCUT2D eigenvalue weighted by molar-refractivity contribution is 5.94. The van der Waals surface area contributed by atoms with E-state index in [9.17, 15) is 4.79 Å². The van der Waals surface area contributed by atoms with Crippen LogP contribution in [0.4, 0.5) is 0 Å². The monoisotopic (exact) mass is 338 g/mol. The number of pyridine rings is 1. The van der Waals surface area contributed by atoms with Gasteiger partial charge in [-0.2, -0.15) is 0 Å². The Labute approximate surface area is 147 Å². The molecule has 1 aliphatic carbocycles. The molecule has 5 heteroatoms. The van der Waals surface area contributed by atoms with Crippen molar-refractivity contribution in [1.82, 2.24) is 10.3 Å². The van der Waals surface area contributed by atoms with Crippen molar-refractivity contribution in [3.63, 3.8) is 0 Å². The molecule has 0 unspecified atom stereocenters. The van der Waals surface area contributed by atoms with Gasteiger partial charge in [0.05, 0.1) is 13.7 Å². The van der Waals surface area contributed by atoms with E-state index in [1.807, 2.05) is 18.2 Å². The Kier molecular flexibility index (Phi) is 4.30. The van der Waals surface area contributed by atoms with Gasteiger partial charge < -0.3 is 14.8 Å². The van der Waals surface area contributed by atoms with Crippen LogP contribution in [0.2, 0.25) is 0 Å². The Morgan fingerprint density at radius 3 is 3.00 bits per heavy atom. The Balaban J connectivity index is 1.42. The first kappa shape index (κ1) is 15.9. The second kappa shape index (κ2) is 6.75. The first-order valence-electron chi connectivity index (χ1n) is 8.77. The van der Waals surface area contributed by atoms with Gasteiger partial charge in [-0.1, -0.05) is 6.07 Å². The topological polar surface area (TPSA) is 60.5 Å². The molecule has 1 fully saturated rings. The minimum absolute atomic E-state index is 0.00323. The minimum atomic E-state index is 0.00323. The smallest absolute Gasteiger partial charge is 0.251 e. The number of carbonyl (C=O) groups is 1. The van der Waals surface area contributed by atoms with Gasteiger partial charge in [0.25, 0.3) is 5.91 Å². The molecule has 1 atom stereocenters. The minimum Gasteiger partial charge on any atom is -0.497 e. The maximum Gasteiger partial charge on any atom is 0.251 e. The molecule has 130 valence electrons. The van der Waals surface area contributed by atoms with Gasteiger partial charge in [-0.05, 0) is 49.4 Å². The van der Waals surface area contributed by atoms with E-state index in [0.717, 1.165) is 42.9 Å². The van der Waals surface area contributed by atoms with Crippen LogP contribution in [0.25, 0.3) is 0 Å². The lowest BCUT2D eigenvalue weighted by Gasteiger charge is -2.25. The van der Waals surface area contributed by atoms with Crippen molar-refractivity contribution >= 4 is 5.91 Å². The standard InChI is InChI=1S/C20H22N2O3/c1-24-18-5-2-14-8-13(12-25-19(14)11-18)9-17-10-15(6-7-21-17)20(23)22-16-3-4-16/h2,5-7,10-11,13,16H,3-4,8-9,12H2,1H3,(H,22,23)/t13-/m0/s1. The molecule has 1 aromatic heterocycles. The van der Waals surface area contributed by atoms with E-state index in [0.29, 0.717) is 24.1 Å². The van der Waals surface area contributed by atoms with Crippen molar-refractivity contribution in [2.24, 2.45) is 5.92 Å². The molecule has 4 rings (SSSR count). The third-order valence-corrected chi connectivity index (χ3v) is 4.75. The molecule has 5 nitrogen and oxygen atoms in total. The molecular weight excluding hydrogens is 316 g/mol. The molecule has 1 aromatic carbocycles. The van der Waals surface area contributed by atoms with E-state index in [-0.39, 0.29) is 5.91 Å². The lowest BCUT2D eigenvalue weighted by Crippen LogP contribution is -2.26. The van der Waals surface area contributed by atoms with Crippen molar-refractivity contribution in [3.05, 3.63) is 53.3 Å². The van der Waals surface area contributed by atoms with Gasteiger partial charge in [-0.15, -0.1) is 0 Å². The molecule has 0 bridgehead atoms. The molecular formula is C20H22N2O3. The van der Waals surface area contributed by atoms with E-state index in [1.54, 1.807) is 19.4 Å². The number of nitrogens with one attached hydrogen (secondary N) is 1. The SMILES string of the molecule is COc1ccc2c(c1)OC[C@H](Cc1cc(C(=O)NC3CC3)ccn1)C2. The van der Waals surface area contributed by atoms with Crippen LogP contribution in [0, 0.1) is 5.92 Å². The Morgan fingerprint density at radius 1 is 1.32 bits per heavy atom. The summed E-state index contributed by atoms with van der Waals surface area (Å²) in [5.74, 6) is 2.08. The number of ether oxygens (including phenoxy) is 2. The summed E-state index contributed by atoms with van der Waals surface area (Å²) in [5, 5.41) is 3.02. The highest BCUT2D eigenvalue weighted by Crippen LogP contribution is 2.32. The number of carbonyl (C=O) groups excluding carboxylic acids is 1. The number of aromatic nitrogens is 1. The van der Waals surface area contributed by atoms with Crippen LogP contribution < -0.4 is 14.8 Å². The summed E-state index contributed by atoms with van der Waals surface area (Å²) in [7, 11) is 1.66. The number of methoxy groups -OCH3 is 1. The number of hydrogen-bond acceptors (Lipinski definition) is 4. The number of hydrogen-bond donors (Lipinski definition) is 1. The van der Waals surface area contributed by atoms with Crippen molar-refractivity contribution in [1.29, 1.82) is 0 Å². The van der Waals surface area contributed by atoms with Gasteiger partial charge in [0, 0.05) is 35.5 Å². The normalized spacial score (nSPS) is 18.8. The molecule has 1 saturated carbocycles. The summed E-state index contributed by atoms with van der Waals surface area (Å²) in [6.45, 7) is 0.653. The number of amides is 1. The van der Waals surface area contributed by atoms with Crippen LogP contribution in [0.15, 0.2) is 36.5 Å². The van der Waals surface area contributed by atoms with E-state index in [2.05, 4.69) is 16.4 Å². The fourth-order valence-electron chi connectivity index (χ4n) is 3.20. The summed E-state index contributed by atoms with van der Waals surface area (Å²) in [4.78, 5) is 16.6. The fourth-order valence-corrected chi connectivity index (χ4v) is 3.20. The zero-order chi connectivity index (χ0) is 17.2. The summed E-state index contributed by atoms with van der Waals surface area (Å²) in [6.07, 6.45) is 5.65. The van der Waals surface area contributed by atoms with Crippen LogP contribution in [0.1, 0.15) is 34.5 Å². The average Bonchev–Trinajstić information content (AvgIpc) is 3.45. The molecule has 1 aliphatic heterocycles. The number of fused-ring (bicyclic) bond motifs is 1. The maximum absolute atomic E-state index is 12.2. The van der Waals surface area contributed by atoms with Crippen molar-refractivity contribution in [2.45, 2.75) is 31.7 Å². The maximum atomic E-state index is 12.2. The Bertz CT molecular complexity index is 786. The molecule has 0 spiro atoms. The summed E-state index contributed by atoms with van der Waals surface area (Å²) < 4.78 is 11.1. The van der Waals surface area contributed by atoms with Crippen LogP contribution in [0.3, 0.4) is 0 Å². The number of benzene rings is 1. The third-order valence-electron chi connectivity index (χ3n) is 4.75. The average molecular weight is 338 g/mol. The van der Waals surface area contributed by atoms with Gasteiger partial charge >= 0.3 is 0 Å². The molecule has 1 amide bonds. The number of rotatable bonds is 5. The predicted octanol–water partition coefficient (Wildman–Crippen LogP) is 2.78. The molecule has 1 N–H and O–H groups in total. The summed E-state index contributed by atoms with van der Waals surface area (Å²) >= 11 is 0. The zero-order valence-electron chi connectivity index (χ0n) is 14.3. The van der Waals surface area contributed by atoms with Crippen LogP contribution in [0.5, 0.6) is 11.5 Å². The van der Waals surface area contributed by atoms with Gasteiger partial charge in [0.2, 0.25) is 0 Å². The lowest BCUT2D eigenvalue weighted by atomic mass is 9.92. The highest BCUT2D eigenvalue weighted by atomic mass is 16.5. The van der Waals surface area contributed by atoms with Crippen molar-refractivity contribution in [3.8, 4) is 11.5 Å². The lowest BCUT2D eigenvalue weighted by molar-refractivity contribution is 0.0951. The number of nitrogens with zero attached hydrogens (tertiary/aromatic N) is 1. The second-order valence-corrected chi connectivity index (χ2v) is 6.84. The molecule has 2 aliphatic rings. The fraction of sp³-hybridized carbons (Fsp3) is 0.400. The highest BCUT2D eigenvalue weighted by Gasteiger charge is 2.25. The van der Waals surface area contributed by atoms with E-state index in [4.69, 9.17) is 9.47 Å². The van der Waals surface area contributed by atoms with Crippen LogP contribution in [-0.2, 0) is 12.8 Å². The van der Waals surface area contributed by atoms with E-state index >= 15 is 0 Å². The molecule has 0 saturated heterocycles. The van der Waals surface area contributed by atoms with E-state index in [1.165, 1.54) is 5.56 Å². The van der Waals surface area contributed by atoms with Crippen LogP contribution in [-0.4, -0.2) is 30.6 Å². The van der Waals surface area contributed by atoms with Gasteiger partial charge in [0.15, 0.2) is 0 Å². The molecule has 0 radical (unpaired) electrons. The van der Waals surface area contributed by atoms with Crippen molar-refractivity contribution in [2.75, 3.05) is 13.7 Å². The zero-order valence-corrected chi connectivity index (χ0v) is 14.3. The van der Waals surface area contributed by atoms with Crippen LogP contribution >= 0.6 is 0 Å². The summed E-state index contributed by atoms with van der Waals surface area (Å²) in [5.41, 5.74) is 2.83. The first-order chi connectivity index (χ1) is 12.2. The van der Waals surface area contributed by atoms with Gasteiger partial charge in [-0.25, -0.2) is 0 Å². The first-order valence-corrected chi connectivity index (χ1v) is 8.77. The Morgan fingerprint density at radius 2 is 2.20 bits per heavy atom. The quantitative estimate of drug-likeness (QED) is 0.911. The van der Waals surface area contributed by atoms with E-state index < -0.39 is 0 Å². The Hall–Kier alpha value is -2.56. The van der Waals surface area contributed by atoms with Crippen molar-refractivity contribution < 1.29 is 14.3 Å². The third kappa shape index (κ3) is 3.76. The predicted molar refractivity (Wildman–Crippen MR) is 94.1 cm³/mol. The molecule has 2 heterocycles. The largest absolute Gasteiger partial charge is 0.497 e. The molecule has 2 aromatic rings.